The van der Waals surface area contributed by atoms with Crippen molar-refractivity contribution in [3.8, 4) is 5.69 Å². The molecule has 0 aliphatic rings. The molecule has 0 saturated carbocycles. The van der Waals surface area contributed by atoms with Gasteiger partial charge in [0.1, 0.15) is 0 Å². The fourth-order valence-corrected chi connectivity index (χ4v) is 3.19. The molecule has 0 aliphatic heterocycles. The highest BCUT2D eigenvalue weighted by molar-refractivity contribution is 6.33. The zero-order valence-electron chi connectivity index (χ0n) is 14.2. The number of halogens is 2. The van der Waals surface area contributed by atoms with Gasteiger partial charge in [0.25, 0.3) is 0 Å². The normalized spacial score (nSPS) is 11.2. The number of aromatic carboxylic acids is 1. The number of aliphatic imine (C=N–C) groups is 1. The van der Waals surface area contributed by atoms with Crippen LogP contribution in [0.1, 0.15) is 27.3 Å². The molecular weight excluding hydrogens is 371 g/mol. The van der Waals surface area contributed by atoms with E-state index < -0.39 is 5.97 Å². The molecular formula is C20H16Cl2N2O2. The zero-order valence-corrected chi connectivity index (χ0v) is 15.7. The summed E-state index contributed by atoms with van der Waals surface area (Å²) in [5, 5.41) is 9.89. The topological polar surface area (TPSA) is 54.6 Å². The van der Waals surface area contributed by atoms with Gasteiger partial charge in [-0.3, -0.25) is 4.99 Å². The third kappa shape index (κ3) is 3.66. The highest BCUT2D eigenvalue weighted by atomic mass is 35.5. The van der Waals surface area contributed by atoms with Crippen molar-refractivity contribution in [3.63, 3.8) is 0 Å². The Kier molecular flexibility index (Phi) is 5.16. The third-order valence-electron chi connectivity index (χ3n) is 4.09. The molecule has 0 saturated heterocycles. The molecule has 3 rings (SSSR count). The smallest absolute Gasteiger partial charge is 0.337 e. The molecule has 0 bridgehead atoms. The van der Waals surface area contributed by atoms with E-state index in [2.05, 4.69) is 9.56 Å². The van der Waals surface area contributed by atoms with Crippen LogP contribution in [0, 0.1) is 13.8 Å². The minimum Gasteiger partial charge on any atom is -0.478 e. The number of hydrogen-bond acceptors (Lipinski definition) is 2. The van der Waals surface area contributed by atoms with Crippen molar-refractivity contribution >= 4 is 41.1 Å². The standard InChI is InChI=1S/C20H16Cl2N2O2/c1-12-9-14(13(2)24(12)17-6-3-15(21)4-7-17)11-23-16-5-8-18(20(25)26)19(22)10-16/h3-11H,1-2H3,(H,25,26). The van der Waals surface area contributed by atoms with Gasteiger partial charge < -0.3 is 9.67 Å². The average molecular weight is 387 g/mol. The van der Waals surface area contributed by atoms with Gasteiger partial charge in [-0.25, -0.2) is 4.79 Å². The predicted octanol–water partition coefficient (Wildman–Crippen LogP) is 5.85. The lowest BCUT2D eigenvalue weighted by molar-refractivity contribution is 0.0697. The van der Waals surface area contributed by atoms with Gasteiger partial charge in [0, 0.05) is 33.9 Å². The largest absolute Gasteiger partial charge is 0.478 e. The van der Waals surface area contributed by atoms with Crippen LogP contribution in [0.4, 0.5) is 5.69 Å². The maximum atomic E-state index is 11.0. The summed E-state index contributed by atoms with van der Waals surface area (Å²) in [6.45, 7) is 4.04. The monoisotopic (exact) mass is 386 g/mol. The van der Waals surface area contributed by atoms with E-state index in [-0.39, 0.29) is 10.6 Å². The van der Waals surface area contributed by atoms with Gasteiger partial charge in [0.15, 0.2) is 0 Å². The van der Waals surface area contributed by atoms with Gasteiger partial charge >= 0.3 is 5.97 Å². The fraction of sp³-hybridized carbons (Fsp3) is 0.100. The average Bonchev–Trinajstić information content (AvgIpc) is 2.87. The SMILES string of the molecule is Cc1cc(C=Nc2ccc(C(=O)O)c(Cl)c2)c(C)n1-c1ccc(Cl)cc1. The second kappa shape index (κ2) is 7.36. The molecule has 132 valence electrons. The molecule has 0 unspecified atom stereocenters. The molecule has 0 aliphatic carbocycles. The van der Waals surface area contributed by atoms with Crippen molar-refractivity contribution in [3.05, 3.63) is 81.1 Å². The number of carbonyl (C=O) groups is 1. The summed E-state index contributed by atoms with van der Waals surface area (Å²) in [4.78, 5) is 15.4. The van der Waals surface area contributed by atoms with Gasteiger partial charge in [0.2, 0.25) is 0 Å². The number of nitrogens with zero attached hydrogens (tertiary/aromatic N) is 2. The van der Waals surface area contributed by atoms with E-state index in [1.807, 2.05) is 44.2 Å². The summed E-state index contributed by atoms with van der Waals surface area (Å²) in [7, 11) is 0. The van der Waals surface area contributed by atoms with Crippen molar-refractivity contribution in [1.82, 2.24) is 4.57 Å². The van der Waals surface area contributed by atoms with Crippen molar-refractivity contribution < 1.29 is 9.90 Å². The summed E-state index contributed by atoms with van der Waals surface area (Å²) in [6.07, 6.45) is 1.75. The zero-order chi connectivity index (χ0) is 18.8. The van der Waals surface area contributed by atoms with Crippen LogP contribution >= 0.6 is 23.2 Å². The van der Waals surface area contributed by atoms with Crippen molar-refractivity contribution in [1.29, 1.82) is 0 Å². The first-order chi connectivity index (χ1) is 12.4. The Hall–Kier alpha value is -2.56. The molecule has 3 aromatic rings. The third-order valence-corrected chi connectivity index (χ3v) is 4.66. The number of aromatic nitrogens is 1. The van der Waals surface area contributed by atoms with Gasteiger partial charge in [-0.05, 0) is 62.4 Å². The summed E-state index contributed by atoms with van der Waals surface area (Å²) in [6, 6.07) is 14.3. The van der Waals surface area contributed by atoms with E-state index in [1.54, 1.807) is 18.3 Å². The van der Waals surface area contributed by atoms with E-state index in [4.69, 9.17) is 28.3 Å². The summed E-state index contributed by atoms with van der Waals surface area (Å²) in [5.74, 6) is -1.06. The van der Waals surface area contributed by atoms with Crippen LogP contribution in [0.2, 0.25) is 10.0 Å². The Labute approximate surface area is 161 Å². The molecule has 6 heteroatoms. The highest BCUT2D eigenvalue weighted by Gasteiger charge is 2.10. The van der Waals surface area contributed by atoms with E-state index in [1.165, 1.54) is 6.07 Å². The summed E-state index contributed by atoms with van der Waals surface area (Å²) in [5.41, 5.74) is 4.77. The fourth-order valence-electron chi connectivity index (χ4n) is 2.81. The molecule has 0 spiro atoms. The molecule has 1 aromatic heterocycles. The van der Waals surface area contributed by atoms with Crippen LogP contribution in [0.3, 0.4) is 0 Å². The minimum atomic E-state index is -1.06. The number of aryl methyl sites for hydroxylation is 1. The number of benzene rings is 2. The van der Waals surface area contributed by atoms with Crippen molar-refractivity contribution in [2.45, 2.75) is 13.8 Å². The first kappa shape index (κ1) is 18.2. The van der Waals surface area contributed by atoms with Crippen molar-refractivity contribution in [2.24, 2.45) is 4.99 Å². The molecule has 0 atom stereocenters. The molecule has 1 heterocycles. The lowest BCUT2D eigenvalue weighted by Gasteiger charge is -2.09. The number of carboxylic acids is 1. The first-order valence-electron chi connectivity index (χ1n) is 7.88. The van der Waals surface area contributed by atoms with Crippen LogP contribution in [0.25, 0.3) is 5.69 Å². The summed E-state index contributed by atoms with van der Waals surface area (Å²) < 4.78 is 2.12. The van der Waals surface area contributed by atoms with Gasteiger partial charge in [-0.15, -0.1) is 0 Å². The van der Waals surface area contributed by atoms with Crippen LogP contribution < -0.4 is 0 Å². The number of hydrogen-bond donors (Lipinski definition) is 1. The minimum absolute atomic E-state index is 0.0616. The van der Waals surface area contributed by atoms with Crippen LogP contribution in [0.5, 0.6) is 0 Å². The summed E-state index contributed by atoms with van der Waals surface area (Å²) >= 11 is 12.0. The number of carboxylic acid groups (broad SMARTS) is 1. The predicted molar refractivity (Wildman–Crippen MR) is 106 cm³/mol. The Balaban J connectivity index is 1.92. The molecule has 1 N–H and O–H groups in total. The van der Waals surface area contributed by atoms with Crippen LogP contribution in [-0.2, 0) is 0 Å². The van der Waals surface area contributed by atoms with Gasteiger partial charge in [0.05, 0.1) is 16.3 Å². The molecule has 4 nitrogen and oxygen atoms in total. The van der Waals surface area contributed by atoms with E-state index >= 15 is 0 Å². The van der Waals surface area contributed by atoms with Crippen molar-refractivity contribution in [2.75, 3.05) is 0 Å². The van der Waals surface area contributed by atoms with E-state index in [9.17, 15) is 4.79 Å². The Morgan fingerprint density at radius 3 is 2.38 bits per heavy atom. The lowest BCUT2D eigenvalue weighted by Crippen LogP contribution is -1.99. The lowest BCUT2D eigenvalue weighted by atomic mass is 10.2. The molecule has 26 heavy (non-hydrogen) atoms. The van der Waals surface area contributed by atoms with Gasteiger partial charge in [-0.2, -0.15) is 0 Å². The van der Waals surface area contributed by atoms with Crippen LogP contribution in [0.15, 0.2) is 53.5 Å². The van der Waals surface area contributed by atoms with Crippen LogP contribution in [-0.4, -0.2) is 21.9 Å². The molecule has 0 fully saturated rings. The molecule has 2 aromatic carbocycles. The Bertz CT molecular complexity index is 1010. The Morgan fingerprint density at radius 1 is 1.08 bits per heavy atom. The molecule has 0 radical (unpaired) electrons. The van der Waals surface area contributed by atoms with E-state index in [0.29, 0.717) is 10.7 Å². The Morgan fingerprint density at radius 2 is 1.77 bits per heavy atom. The molecule has 0 amide bonds. The highest BCUT2D eigenvalue weighted by Crippen LogP contribution is 2.25. The second-order valence-electron chi connectivity index (χ2n) is 5.87. The maximum Gasteiger partial charge on any atom is 0.337 e. The van der Waals surface area contributed by atoms with Gasteiger partial charge in [-0.1, -0.05) is 23.2 Å². The quantitative estimate of drug-likeness (QED) is 0.571. The van der Waals surface area contributed by atoms with E-state index in [0.717, 1.165) is 22.6 Å². The first-order valence-corrected chi connectivity index (χ1v) is 8.64. The number of rotatable bonds is 4. The maximum absolute atomic E-state index is 11.0. The second-order valence-corrected chi connectivity index (χ2v) is 6.71.